The van der Waals surface area contributed by atoms with E-state index in [0.29, 0.717) is 18.7 Å². The number of nitrogens with zero attached hydrogens (tertiary/aromatic N) is 1. The van der Waals surface area contributed by atoms with Crippen molar-refractivity contribution < 1.29 is 9.13 Å². The summed E-state index contributed by atoms with van der Waals surface area (Å²) in [6.07, 6.45) is 1.90. The zero-order valence-electron chi connectivity index (χ0n) is 8.96. The molecule has 0 aliphatic carbocycles. The van der Waals surface area contributed by atoms with Gasteiger partial charge in [-0.1, -0.05) is 6.07 Å². The minimum Gasteiger partial charge on any atom is -0.383 e. The molecule has 15 heavy (non-hydrogen) atoms. The van der Waals surface area contributed by atoms with Crippen LogP contribution in [0.5, 0.6) is 0 Å². The Morgan fingerprint density at radius 1 is 1.33 bits per heavy atom. The summed E-state index contributed by atoms with van der Waals surface area (Å²) in [6.45, 7) is 3.26. The lowest BCUT2D eigenvalue weighted by Gasteiger charge is -2.05. The molecule has 1 aromatic carbocycles. The Morgan fingerprint density at radius 3 is 2.87 bits per heavy atom. The number of hydrogen-bond donors (Lipinski definition) is 0. The molecule has 0 unspecified atom stereocenters. The predicted octanol–water partition coefficient (Wildman–Crippen LogP) is 2.74. The fourth-order valence-electron chi connectivity index (χ4n) is 1.80. The molecule has 0 radical (unpaired) electrons. The van der Waals surface area contributed by atoms with E-state index in [1.165, 1.54) is 6.07 Å². The Morgan fingerprint density at radius 2 is 2.13 bits per heavy atom. The Labute approximate surface area is 88.3 Å². The molecule has 0 aliphatic heterocycles. The lowest BCUT2D eigenvalue weighted by Crippen LogP contribution is -2.03. The number of methoxy groups -OCH3 is 1. The van der Waals surface area contributed by atoms with Crippen LogP contribution in [0.3, 0.4) is 0 Å². The van der Waals surface area contributed by atoms with Gasteiger partial charge in [0.15, 0.2) is 0 Å². The van der Waals surface area contributed by atoms with Gasteiger partial charge in [-0.3, -0.25) is 0 Å². The van der Waals surface area contributed by atoms with Crippen LogP contribution in [0.4, 0.5) is 4.39 Å². The van der Waals surface area contributed by atoms with Crippen molar-refractivity contribution in [2.75, 3.05) is 13.7 Å². The minimum atomic E-state index is -0.170. The topological polar surface area (TPSA) is 14.2 Å². The summed E-state index contributed by atoms with van der Waals surface area (Å²) in [5.41, 5.74) is 1.77. The number of halogens is 1. The molecule has 0 saturated heterocycles. The summed E-state index contributed by atoms with van der Waals surface area (Å²) < 4.78 is 20.5. The van der Waals surface area contributed by atoms with Crippen molar-refractivity contribution in [3.05, 3.63) is 35.8 Å². The lowest BCUT2D eigenvalue weighted by atomic mass is 10.1. The number of ether oxygens (including phenoxy) is 1. The maximum Gasteiger partial charge on any atom is 0.147 e. The number of fused-ring (bicyclic) bond motifs is 1. The number of aromatic nitrogens is 1. The highest BCUT2D eigenvalue weighted by molar-refractivity contribution is 5.84. The fraction of sp³-hybridized carbons (Fsp3) is 0.333. The minimum absolute atomic E-state index is 0.170. The molecule has 0 N–H and O–H groups in total. The molecular formula is C12H14FNO. The molecule has 0 atom stereocenters. The zero-order chi connectivity index (χ0) is 10.8. The maximum atomic E-state index is 13.6. The lowest BCUT2D eigenvalue weighted by molar-refractivity contribution is 0.188. The third kappa shape index (κ3) is 1.75. The van der Waals surface area contributed by atoms with Gasteiger partial charge in [0.2, 0.25) is 0 Å². The smallest absolute Gasteiger partial charge is 0.147 e. The Balaban J connectivity index is 2.53. The van der Waals surface area contributed by atoms with Gasteiger partial charge in [0.05, 0.1) is 12.1 Å². The number of rotatable bonds is 3. The van der Waals surface area contributed by atoms with E-state index in [1.54, 1.807) is 13.2 Å². The van der Waals surface area contributed by atoms with E-state index < -0.39 is 0 Å². The monoisotopic (exact) mass is 207 g/mol. The van der Waals surface area contributed by atoms with Crippen molar-refractivity contribution in [1.29, 1.82) is 0 Å². The molecule has 0 aliphatic rings. The molecule has 0 saturated carbocycles. The molecule has 2 aromatic rings. The van der Waals surface area contributed by atoms with Crippen molar-refractivity contribution in [2.24, 2.45) is 0 Å². The second-order valence-corrected chi connectivity index (χ2v) is 3.63. The molecule has 1 aromatic heterocycles. The van der Waals surface area contributed by atoms with Gasteiger partial charge in [-0.2, -0.15) is 0 Å². The van der Waals surface area contributed by atoms with E-state index in [9.17, 15) is 4.39 Å². The molecule has 80 valence electrons. The van der Waals surface area contributed by atoms with E-state index in [-0.39, 0.29) is 5.82 Å². The molecule has 0 amide bonds. The normalized spacial score (nSPS) is 11.1. The molecule has 2 nitrogen and oxygen atoms in total. The Kier molecular flexibility index (Phi) is 2.73. The SMILES string of the molecule is COCCn1ccc2c(C)ccc(F)c21. The second-order valence-electron chi connectivity index (χ2n) is 3.63. The fourth-order valence-corrected chi connectivity index (χ4v) is 1.80. The summed E-state index contributed by atoms with van der Waals surface area (Å²) >= 11 is 0. The number of hydrogen-bond acceptors (Lipinski definition) is 1. The van der Waals surface area contributed by atoms with E-state index in [4.69, 9.17) is 4.74 Å². The van der Waals surface area contributed by atoms with Gasteiger partial charge in [0, 0.05) is 25.2 Å². The van der Waals surface area contributed by atoms with Crippen LogP contribution >= 0.6 is 0 Å². The first-order chi connectivity index (χ1) is 7.24. The first kappa shape index (κ1) is 10.2. The highest BCUT2D eigenvalue weighted by Crippen LogP contribution is 2.22. The quantitative estimate of drug-likeness (QED) is 0.754. The third-order valence-corrected chi connectivity index (χ3v) is 2.63. The zero-order valence-corrected chi connectivity index (χ0v) is 8.96. The van der Waals surface area contributed by atoms with Gasteiger partial charge in [0.25, 0.3) is 0 Å². The van der Waals surface area contributed by atoms with Crippen molar-refractivity contribution in [3.63, 3.8) is 0 Å². The summed E-state index contributed by atoms with van der Waals surface area (Å²) in [6, 6.07) is 5.27. The van der Waals surface area contributed by atoms with Gasteiger partial charge < -0.3 is 9.30 Å². The summed E-state index contributed by atoms with van der Waals surface area (Å²) in [7, 11) is 1.65. The van der Waals surface area contributed by atoms with Gasteiger partial charge in [0.1, 0.15) is 5.82 Å². The van der Waals surface area contributed by atoms with Crippen molar-refractivity contribution in [2.45, 2.75) is 13.5 Å². The average Bonchev–Trinajstić information content (AvgIpc) is 2.65. The average molecular weight is 207 g/mol. The third-order valence-electron chi connectivity index (χ3n) is 2.63. The van der Waals surface area contributed by atoms with Gasteiger partial charge in [-0.25, -0.2) is 4.39 Å². The standard InChI is InChI=1S/C12H14FNO/c1-9-3-4-11(13)12-10(9)5-6-14(12)7-8-15-2/h3-6H,7-8H2,1-2H3. The van der Waals surface area contributed by atoms with Crippen LogP contribution in [-0.2, 0) is 11.3 Å². The molecular weight excluding hydrogens is 193 g/mol. The molecule has 2 rings (SSSR count). The number of aryl methyl sites for hydroxylation is 1. The van der Waals surface area contributed by atoms with Crippen molar-refractivity contribution in [3.8, 4) is 0 Å². The second kappa shape index (κ2) is 4.03. The van der Waals surface area contributed by atoms with Crippen LogP contribution in [0.2, 0.25) is 0 Å². The van der Waals surface area contributed by atoms with Crippen LogP contribution in [0, 0.1) is 12.7 Å². The van der Waals surface area contributed by atoms with Crippen LogP contribution in [0.15, 0.2) is 24.4 Å². The summed E-state index contributed by atoms with van der Waals surface area (Å²) in [5, 5.41) is 0.978. The van der Waals surface area contributed by atoms with Crippen LogP contribution in [-0.4, -0.2) is 18.3 Å². The van der Waals surface area contributed by atoms with E-state index in [2.05, 4.69) is 0 Å². The first-order valence-corrected chi connectivity index (χ1v) is 4.97. The van der Waals surface area contributed by atoms with E-state index >= 15 is 0 Å². The predicted molar refractivity (Wildman–Crippen MR) is 58.5 cm³/mol. The van der Waals surface area contributed by atoms with Crippen LogP contribution in [0.1, 0.15) is 5.56 Å². The Bertz CT molecular complexity index is 476. The number of benzene rings is 1. The van der Waals surface area contributed by atoms with E-state index in [0.717, 1.165) is 10.9 Å². The van der Waals surface area contributed by atoms with Gasteiger partial charge in [-0.05, 0) is 24.6 Å². The van der Waals surface area contributed by atoms with Crippen LogP contribution in [0.25, 0.3) is 10.9 Å². The van der Waals surface area contributed by atoms with Crippen molar-refractivity contribution in [1.82, 2.24) is 4.57 Å². The molecule has 0 fully saturated rings. The maximum absolute atomic E-state index is 13.6. The van der Waals surface area contributed by atoms with Crippen molar-refractivity contribution >= 4 is 10.9 Å². The molecule has 1 heterocycles. The van der Waals surface area contributed by atoms with E-state index in [1.807, 2.05) is 23.8 Å². The van der Waals surface area contributed by atoms with Gasteiger partial charge >= 0.3 is 0 Å². The summed E-state index contributed by atoms with van der Waals surface area (Å²) in [5.74, 6) is -0.170. The molecule has 0 bridgehead atoms. The Hall–Kier alpha value is -1.35. The molecule has 0 spiro atoms. The largest absolute Gasteiger partial charge is 0.383 e. The highest BCUT2D eigenvalue weighted by Gasteiger charge is 2.08. The first-order valence-electron chi connectivity index (χ1n) is 4.97. The molecule has 3 heteroatoms. The van der Waals surface area contributed by atoms with Gasteiger partial charge in [-0.15, -0.1) is 0 Å². The van der Waals surface area contributed by atoms with Crippen LogP contribution < -0.4 is 0 Å². The summed E-state index contributed by atoms with van der Waals surface area (Å²) in [4.78, 5) is 0. The highest BCUT2D eigenvalue weighted by atomic mass is 19.1.